The molecule has 0 fully saturated rings. The zero-order valence-corrected chi connectivity index (χ0v) is 13.0. The van der Waals surface area contributed by atoms with Crippen molar-refractivity contribution in [2.75, 3.05) is 11.9 Å². The van der Waals surface area contributed by atoms with E-state index in [-0.39, 0.29) is 0 Å². The topological polar surface area (TPSA) is 9.23 Å². The van der Waals surface area contributed by atoms with Gasteiger partial charge in [0.15, 0.2) is 0 Å². The molecule has 0 heterocycles. The molecule has 0 aliphatic rings. The van der Waals surface area contributed by atoms with Crippen LogP contribution in [-0.4, -0.2) is 11.9 Å². The molecule has 0 aliphatic carbocycles. The summed E-state index contributed by atoms with van der Waals surface area (Å²) in [6.07, 6.45) is 4.11. The van der Waals surface area contributed by atoms with Crippen LogP contribution in [0.25, 0.3) is 6.08 Å². The minimum absolute atomic E-state index is 0.661. The van der Waals surface area contributed by atoms with Crippen LogP contribution in [0.1, 0.15) is 12.5 Å². The number of benzene rings is 1. The van der Waals surface area contributed by atoms with Crippen molar-refractivity contribution in [3.8, 4) is 5.75 Å². The van der Waals surface area contributed by atoms with Crippen LogP contribution in [0.15, 0.2) is 27.2 Å². The van der Waals surface area contributed by atoms with E-state index in [1.165, 1.54) is 0 Å². The molecule has 0 aliphatic heterocycles. The van der Waals surface area contributed by atoms with Crippen molar-refractivity contribution < 1.29 is 4.74 Å². The molecule has 4 heteroatoms. The van der Waals surface area contributed by atoms with Crippen LogP contribution in [0, 0.1) is 0 Å². The minimum Gasteiger partial charge on any atom is -0.492 e. The number of rotatable bonds is 4. The SMILES string of the molecule is CCOc1c(Br)cc(C=CCBr)cc1Br. The van der Waals surface area contributed by atoms with Crippen LogP contribution in [-0.2, 0) is 0 Å². The summed E-state index contributed by atoms with van der Waals surface area (Å²) in [6, 6.07) is 4.07. The average molecular weight is 399 g/mol. The van der Waals surface area contributed by atoms with E-state index < -0.39 is 0 Å². The maximum atomic E-state index is 5.50. The van der Waals surface area contributed by atoms with Crippen LogP contribution in [0.5, 0.6) is 5.75 Å². The summed E-state index contributed by atoms with van der Waals surface area (Å²) in [4.78, 5) is 0. The number of allylic oxidation sites excluding steroid dienone is 1. The zero-order chi connectivity index (χ0) is 11.3. The maximum Gasteiger partial charge on any atom is 0.147 e. The lowest BCUT2D eigenvalue weighted by atomic mass is 10.2. The van der Waals surface area contributed by atoms with Gasteiger partial charge in [0, 0.05) is 5.33 Å². The molecular formula is C11H11Br3O. The Morgan fingerprint density at radius 2 is 1.87 bits per heavy atom. The normalized spacial score (nSPS) is 10.9. The third kappa shape index (κ3) is 3.93. The van der Waals surface area contributed by atoms with E-state index in [1.807, 2.05) is 19.1 Å². The Kier molecular flexibility index (Phi) is 5.94. The molecule has 0 aromatic heterocycles. The number of halogens is 3. The smallest absolute Gasteiger partial charge is 0.147 e. The first kappa shape index (κ1) is 13.3. The van der Waals surface area contributed by atoms with E-state index in [0.29, 0.717) is 6.61 Å². The van der Waals surface area contributed by atoms with Gasteiger partial charge in [-0.05, 0) is 56.5 Å². The molecule has 0 bridgehead atoms. The van der Waals surface area contributed by atoms with Gasteiger partial charge in [-0.2, -0.15) is 0 Å². The summed E-state index contributed by atoms with van der Waals surface area (Å²) in [6.45, 7) is 2.63. The molecule has 0 radical (unpaired) electrons. The average Bonchev–Trinajstić information content (AvgIpc) is 2.20. The Bertz CT molecular complexity index is 338. The summed E-state index contributed by atoms with van der Waals surface area (Å²) in [7, 11) is 0. The van der Waals surface area contributed by atoms with Gasteiger partial charge in [-0.15, -0.1) is 0 Å². The molecule has 0 N–H and O–H groups in total. The molecule has 0 unspecified atom stereocenters. The standard InChI is InChI=1S/C11H11Br3O/c1-2-15-11-9(13)6-8(4-3-5-12)7-10(11)14/h3-4,6-7H,2,5H2,1H3. The van der Waals surface area contributed by atoms with Crippen LogP contribution in [0.4, 0.5) is 0 Å². The third-order valence-electron chi connectivity index (χ3n) is 1.71. The quantitative estimate of drug-likeness (QED) is 0.647. The Morgan fingerprint density at radius 1 is 1.27 bits per heavy atom. The van der Waals surface area contributed by atoms with Gasteiger partial charge in [0.05, 0.1) is 15.6 Å². The summed E-state index contributed by atoms with van der Waals surface area (Å²) < 4.78 is 7.43. The monoisotopic (exact) mass is 396 g/mol. The fourth-order valence-corrected chi connectivity index (χ4v) is 2.78. The van der Waals surface area contributed by atoms with Gasteiger partial charge in [-0.25, -0.2) is 0 Å². The van der Waals surface area contributed by atoms with E-state index in [1.54, 1.807) is 0 Å². The van der Waals surface area contributed by atoms with Crippen molar-refractivity contribution in [2.45, 2.75) is 6.92 Å². The van der Waals surface area contributed by atoms with Crippen molar-refractivity contribution in [1.82, 2.24) is 0 Å². The van der Waals surface area contributed by atoms with E-state index in [2.05, 4.69) is 59.9 Å². The highest BCUT2D eigenvalue weighted by Gasteiger charge is 2.06. The highest BCUT2D eigenvalue weighted by atomic mass is 79.9. The lowest BCUT2D eigenvalue weighted by Crippen LogP contribution is -1.93. The van der Waals surface area contributed by atoms with Crippen LogP contribution >= 0.6 is 47.8 Å². The molecule has 1 nitrogen and oxygen atoms in total. The minimum atomic E-state index is 0.661. The van der Waals surface area contributed by atoms with Crippen LogP contribution in [0.2, 0.25) is 0 Å². The zero-order valence-electron chi connectivity index (χ0n) is 8.27. The first-order valence-corrected chi connectivity index (χ1v) is 7.24. The highest BCUT2D eigenvalue weighted by Crippen LogP contribution is 2.35. The van der Waals surface area contributed by atoms with Gasteiger partial charge in [-0.1, -0.05) is 28.1 Å². The molecule has 82 valence electrons. The highest BCUT2D eigenvalue weighted by molar-refractivity contribution is 9.11. The lowest BCUT2D eigenvalue weighted by Gasteiger charge is -2.09. The molecule has 1 aromatic carbocycles. The van der Waals surface area contributed by atoms with Crippen LogP contribution < -0.4 is 4.74 Å². The van der Waals surface area contributed by atoms with Gasteiger partial charge in [0.25, 0.3) is 0 Å². The first-order valence-electron chi connectivity index (χ1n) is 4.53. The summed E-state index contributed by atoms with van der Waals surface area (Å²) in [5, 5.41) is 0.857. The van der Waals surface area contributed by atoms with E-state index >= 15 is 0 Å². The Morgan fingerprint density at radius 3 is 2.33 bits per heavy atom. The second-order valence-electron chi connectivity index (χ2n) is 2.80. The van der Waals surface area contributed by atoms with Crippen molar-refractivity contribution in [2.24, 2.45) is 0 Å². The maximum absolute atomic E-state index is 5.50. The summed E-state index contributed by atoms with van der Waals surface area (Å²) in [5.41, 5.74) is 1.14. The van der Waals surface area contributed by atoms with Crippen molar-refractivity contribution in [1.29, 1.82) is 0 Å². The Hall–Kier alpha value is 0.200. The fourth-order valence-electron chi connectivity index (χ4n) is 1.14. The predicted octanol–water partition coefficient (Wildman–Crippen LogP) is 5.02. The number of hydrogen-bond donors (Lipinski definition) is 0. The van der Waals surface area contributed by atoms with Gasteiger partial charge in [0.1, 0.15) is 5.75 Å². The molecule has 15 heavy (non-hydrogen) atoms. The van der Waals surface area contributed by atoms with Crippen LogP contribution in [0.3, 0.4) is 0 Å². The van der Waals surface area contributed by atoms with Crippen molar-refractivity contribution >= 4 is 53.9 Å². The van der Waals surface area contributed by atoms with E-state index in [0.717, 1.165) is 25.6 Å². The lowest BCUT2D eigenvalue weighted by molar-refractivity contribution is 0.336. The third-order valence-corrected chi connectivity index (χ3v) is 3.26. The molecule has 1 rings (SSSR count). The number of alkyl halides is 1. The van der Waals surface area contributed by atoms with Gasteiger partial charge >= 0.3 is 0 Å². The second-order valence-corrected chi connectivity index (χ2v) is 5.16. The van der Waals surface area contributed by atoms with E-state index in [4.69, 9.17) is 4.74 Å². The summed E-state index contributed by atoms with van der Waals surface area (Å²) >= 11 is 10.3. The van der Waals surface area contributed by atoms with E-state index in [9.17, 15) is 0 Å². The molecule has 0 atom stereocenters. The molecule has 0 saturated carbocycles. The second kappa shape index (κ2) is 6.71. The van der Waals surface area contributed by atoms with Crippen molar-refractivity contribution in [3.05, 3.63) is 32.7 Å². The summed E-state index contributed by atoms with van der Waals surface area (Å²) in [5.74, 6) is 0.855. The fraction of sp³-hybridized carbons (Fsp3) is 0.273. The number of ether oxygens (including phenoxy) is 1. The Balaban J connectivity index is 3.02. The molecule has 0 amide bonds. The van der Waals surface area contributed by atoms with Gasteiger partial charge in [0.2, 0.25) is 0 Å². The molecular weight excluding hydrogens is 388 g/mol. The number of hydrogen-bond acceptors (Lipinski definition) is 1. The Labute approximate surface area is 115 Å². The largest absolute Gasteiger partial charge is 0.492 e. The van der Waals surface area contributed by atoms with Crippen molar-refractivity contribution in [3.63, 3.8) is 0 Å². The van der Waals surface area contributed by atoms with Gasteiger partial charge < -0.3 is 4.74 Å². The molecule has 1 aromatic rings. The first-order chi connectivity index (χ1) is 7.19. The van der Waals surface area contributed by atoms with Gasteiger partial charge in [-0.3, -0.25) is 0 Å². The molecule has 0 spiro atoms. The predicted molar refractivity (Wildman–Crippen MR) is 75.8 cm³/mol. The molecule has 0 saturated heterocycles.